The second-order valence-electron chi connectivity index (χ2n) is 10.4. The van der Waals surface area contributed by atoms with Crippen molar-refractivity contribution in [3.05, 3.63) is 113 Å². The molecule has 9 nitrogen and oxygen atoms in total. The van der Waals surface area contributed by atoms with Crippen LogP contribution in [0.1, 0.15) is 34.0 Å². The normalized spacial score (nSPS) is 11.7. The Bertz CT molecular complexity index is 1740. The highest BCUT2D eigenvalue weighted by atomic mass is 32.2. The molecule has 1 atom stereocenters. The van der Waals surface area contributed by atoms with Crippen molar-refractivity contribution < 1.29 is 28.6 Å². The predicted octanol–water partition coefficient (Wildman–Crippen LogP) is 6.86. The van der Waals surface area contributed by atoms with Crippen LogP contribution in [0.5, 0.6) is 17.2 Å². The molecular formula is C36H37N3O6S. The minimum atomic E-state index is -0.553. The van der Waals surface area contributed by atoms with Gasteiger partial charge in [0.2, 0.25) is 5.91 Å². The number of benzene rings is 4. The molecule has 4 rings (SSSR count). The van der Waals surface area contributed by atoms with Gasteiger partial charge in [-0.3, -0.25) is 14.4 Å². The van der Waals surface area contributed by atoms with Gasteiger partial charge in [-0.05, 0) is 92.6 Å². The van der Waals surface area contributed by atoms with Crippen molar-refractivity contribution in [1.29, 1.82) is 0 Å². The number of methoxy groups -OCH3 is 3. The topological polar surface area (TPSA) is 115 Å². The molecule has 1 unspecified atom stereocenters. The maximum absolute atomic E-state index is 13.6. The average Bonchev–Trinajstić information content (AvgIpc) is 3.06. The molecule has 0 saturated heterocycles. The lowest BCUT2D eigenvalue weighted by atomic mass is 10.1. The van der Waals surface area contributed by atoms with E-state index in [1.54, 1.807) is 54.6 Å². The van der Waals surface area contributed by atoms with Gasteiger partial charge in [0.05, 0.1) is 26.6 Å². The molecule has 3 amide bonds. The van der Waals surface area contributed by atoms with Crippen molar-refractivity contribution in [2.45, 2.75) is 30.9 Å². The fourth-order valence-electron chi connectivity index (χ4n) is 4.40. The van der Waals surface area contributed by atoms with Gasteiger partial charge in [-0.25, -0.2) is 0 Å². The monoisotopic (exact) mass is 639 g/mol. The summed E-state index contributed by atoms with van der Waals surface area (Å²) in [5.41, 5.74) is 4.38. The van der Waals surface area contributed by atoms with Crippen molar-refractivity contribution in [2.75, 3.05) is 32.0 Å². The van der Waals surface area contributed by atoms with Crippen molar-refractivity contribution in [3.63, 3.8) is 0 Å². The van der Waals surface area contributed by atoms with Crippen LogP contribution in [0, 0.1) is 13.8 Å². The molecule has 0 saturated carbocycles. The quantitative estimate of drug-likeness (QED) is 0.115. The van der Waals surface area contributed by atoms with Crippen LogP contribution in [0.2, 0.25) is 0 Å². The Morgan fingerprint density at radius 3 is 1.98 bits per heavy atom. The molecule has 238 valence electrons. The summed E-state index contributed by atoms with van der Waals surface area (Å²) >= 11 is 1.40. The third kappa shape index (κ3) is 8.70. The van der Waals surface area contributed by atoms with E-state index in [1.165, 1.54) is 39.2 Å². The lowest BCUT2D eigenvalue weighted by molar-refractivity contribution is -0.115. The Hall–Kier alpha value is -5.22. The Kier molecular flexibility index (Phi) is 11.5. The summed E-state index contributed by atoms with van der Waals surface area (Å²) in [6.07, 6.45) is 1.51. The lowest BCUT2D eigenvalue weighted by Gasteiger charge is -2.15. The maximum atomic E-state index is 13.6. The molecule has 46 heavy (non-hydrogen) atoms. The minimum Gasteiger partial charge on any atom is -0.496 e. The van der Waals surface area contributed by atoms with Crippen molar-refractivity contribution >= 4 is 46.9 Å². The van der Waals surface area contributed by atoms with E-state index in [0.29, 0.717) is 34.1 Å². The molecule has 0 bridgehead atoms. The van der Waals surface area contributed by atoms with Crippen LogP contribution in [0.25, 0.3) is 6.08 Å². The first-order valence-corrected chi connectivity index (χ1v) is 15.3. The summed E-state index contributed by atoms with van der Waals surface area (Å²) in [4.78, 5) is 40.3. The van der Waals surface area contributed by atoms with Gasteiger partial charge in [0, 0.05) is 33.5 Å². The van der Waals surface area contributed by atoms with Crippen LogP contribution in [-0.2, 0) is 9.59 Å². The predicted molar refractivity (Wildman–Crippen MR) is 183 cm³/mol. The third-order valence-electron chi connectivity index (χ3n) is 7.13. The first-order chi connectivity index (χ1) is 22.1. The smallest absolute Gasteiger partial charge is 0.272 e. The number of thioether (sulfide) groups is 1. The van der Waals surface area contributed by atoms with Crippen LogP contribution in [0.15, 0.2) is 95.5 Å². The third-order valence-corrected chi connectivity index (χ3v) is 8.25. The zero-order valence-corrected chi connectivity index (χ0v) is 27.4. The second-order valence-corrected chi connectivity index (χ2v) is 11.8. The molecule has 0 aliphatic heterocycles. The molecule has 3 N–H and O–H groups in total. The molecule has 0 radical (unpaired) electrons. The van der Waals surface area contributed by atoms with Crippen molar-refractivity contribution in [1.82, 2.24) is 5.32 Å². The SMILES string of the molecule is COc1cc(OC)c(OC)cc1/C=C(\NC(=O)c1ccccc1)C(=O)Nc1ccc(SC(C)C(=O)Nc2ccc(C)c(C)c2)cc1. The number of amides is 3. The molecular weight excluding hydrogens is 602 g/mol. The standard InChI is InChI=1S/C36H37N3O6S/c1-22-12-13-28(18-23(22)2)38-34(40)24(3)46-29-16-14-27(15-17-29)37-36(42)30(39-35(41)25-10-8-7-9-11-25)19-26-20-32(44-5)33(45-6)21-31(26)43-4/h7-21,24H,1-6H3,(H,37,42)(H,38,40)(H,39,41)/b30-19-. The number of rotatable bonds is 12. The number of carbonyl (C=O) groups is 3. The fraction of sp³-hybridized carbons (Fsp3) is 0.194. The highest BCUT2D eigenvalue weighted by Crippen LogP contribution is 2.36. The Labute approximate surface area is 273 Å². The lowest BCUT2D eigenvalue weighted by Crippen LogP contribution is -2.30. The van der Waals surface area contributed by atoms with Gasteiger partial charge in [0.1, 0.15) is 11.4 Å². The first kappa shape index (κ1) is 33.7. The van der Waals surface area contributed by atoms with Gasteiger partial charge in [-0.15, -0.1) is 11.8 Å². The first-order valence-electron chi connectivity index (χ1n) is 14.5. The Morgan fingerprint density at radius 1 is 0.717 bits per heavy atom. The van der Waals surface area contributed by atoms with E-state index in [0.717, 1.165) is 21.7 Å². The number of anilines is 2. The van der Waals surface area contributed by atoms with Gasteiger partial charge in [0.25, 0.3) is 11.8 Å². The number of nitrogens with one attached hydrogen (secondary N) is 3. The molecule has 0 fully saturated rings. The van der Waals surface area contributed by atoms with E-state index >= 15 is 0 Å². The van der Waals surface area contributed by atoms with E-state index in [4.69, 9.17) is 14.2 Å². The summed E-state index contributed by atoms with van der Waals surface area (Å²) < 4.78 is 16.3. The van der Waals surface area contributed by atoms with Crippen molar-refractivity contribution in [3.8, 4) is 17.2 Å². The van der Waals surface area contributed by atoms with Gasteiger partial charge >= 0.3 is 0 Å². The van der Waals surface area contributed by atoms with Crippen LogP contribution in [0.4, 0.5) is 11.4 Å². The molecule has 4 aromatic carbocycles. The summed E-state index contributed by atoms with van der Waals surface area (Å²) in [7, 11) is 4.51. The number of ether oxygens (including phenoxy) is 3. The molecule has 0 heterocycles. The fourth-order valence-corrected chi connectivity index (χ4v) is 5.27. The van der Waals surface area contributed by atoms with E-state index < -0.39 is 11.8 Å². The average molecular weight is 640 g/mol. The molecule has 0 spiro atoms. The number of hydrogen-bond donors (Lipinski definition) is 3. The number of aryl methyl sites for hydroxylation is 2. The van der Waals surface area contributed by atoms with E-state index in [-0.39, 0.29) is 16.9 Å². The van der Waals surface area contributed by atoms with Crippen LogP contribution < -0.4 is 30.2 Å². The van der Waals surface area contributed by atoms with E-state index in [1.807, 2.05) is 51.1 Å². The van der Waals surface area contributed by atoms with Gasteiger partial charge < -0.3 is 30.2 Å². The Balaban J connectivity index is 1.52. The van der Waals surface area contributed by atoms with Crippen LogP contribution >= 0.6 is 11.8 Å². The molecule has 0 aliphatic rings. The van der Waals surface area contributed by atoms with E-state index in [2.05, 4.69) is 16.0 Å². The second kappa shape index (κ2) is 15.7. The van der Waals surface area contributed by atoms with Gasteiger partial charge in [-0.2, -0.15) is 0 Å². The van der Waals surface area contributed by atoms with Crippen molar-refractivity contribution in [2.24, 2.45) is 0 Å². The van der Waals surface area contributed by atoms with Crippen LogP contribution in [-0.4, -0.2) is 44.3 Å². The number of carbonyl (C=O) groups excluding carboxylic acids is 3. The highest BCUT2D eigenvalue weighted by Gasteiger charge is 2.19. The zero-order chi connectivity index (χ0) is 33.2. The van der Waals surface area contributed by atoms with Gasteiger partial charge in [-0.1, -0.05) is 24.3 Å². The summed E-state index contributed by atoms with van der Waals surface area (Å²) in [6, 6.07) is 24.8. The Morgan fingerprint density at radius 2 is 1.35 bits per heavy atom. The summed E-state index contributed by atoms with van der Waals surface area (Å²) in [6.45, 7) is 5.87. The van der Waals surface area contributed by atoms with E-state index in [9.17, 15) is 14.4 Å². The number of hydrogen-bond acceptors (Lipinski definition) is 7. The highest BCUT2D eigenvalue weighted by molar-refractivity contribution is 8.00. The molecule has 4 aromatic rings. The summed E-state index contributed by atoms with van der Waals surface area (Å²) in [5, 5.41) is 8.18. The molecule has 10 heteroatoms. The van der Waals surface area contributed by atoms with Crippen LogP contribution in [0.3, 0.4) is 0 Å². The molecule has 0 aromatic heterocycles. The zero-order valence-electron chi connectivity index (χ0n) is 26.6. The summed E-state index contributed by atoms with van der Waals surface area (Å²) in [5.74, 6) is 0.164. The maximum Gasteiger partial charge on any atom is 0.272 e. The molecule has 0 aliphatic carbocycles. The largest absolute Gasteiger partial charge is 0.496 e. The van der Waals surface area contributed by atoms with Gasteiger partial charge in [0.15, 0.2) is 11.5 Å². The minimum absolute atomic E-state index is 0.0190.